The quantitative estimate of drug-likeness (QED) is 0.883. The molecule has 114 valence electrons. The van der Waals surface area contributed by atoms with Gasteiger partial charge in [0.25, 0.3) is 0 Å². The smallest absolute Gasteiger partial charge is 0.0369 e. The molecule has 2 nitrogen and oxygen atoms in total. The third-order valence-corrected chi connectivity index (χ3v) is 4.01. The molecule has 2 atom stereocenters. The van der Waals surface area contributed by atoms with E-state index >= 15 is 0 Å². The summed E-state index contributed by atoms with van der Waals surface area (Å²) in [5, 5.41) is 7.30. The Hall–Kier alpha value is -0.570. The van der Waals surface area contributed by atoms with Crippen LogP contribution in [0.5, 0.6) is 0 Å². The summed E-state index contributed by atoms with van der Waals surface area (Å²) >= 11 is 0. The molecule has 0 amide bonds. The molecule has 1 saturated heterocycles. The van der Waals surface area contributed by atoms with Gasteiger partial charge in [-0.2, -0.15) is 0 Å². The summed E-state index contributed by atoms with van der Waals surface area (Å²) in [6, 6.07) is 11.3. The van der Waals surface area contributed by atoms with Gasteiger partial charge in [-0.3, -0.25) is 0 Å². The fourth-order valence-corrected chi connectivity index (χ4v) is 2.95. The van der Waals surface area contributed by atoms with E-state index in [9.17, 15) is 0 Å². The van der Waals surface area contributed by atoms with Crippen LogP contribution in [-0.4, -0.2) is 19.6 Å². The van der Waals surface area contributed by atoms with Crippen LogP contribution in [0.2, 0.25) is 0 Å². The fourth-order valence-electron chi connectivity index (χ4n) is 2.95. The van der Waals surface area contributed by atoms with Crippen LogP contribution in [0.1, 0.15) is 45.2 Å². The van der Waals surface area contributed by atoms with Gasteiger partial charge < -0.3 is 10.6 Å². The van der Waals surface area contributed by atoms with Gasteiger partial charge in [0.1, 0.15) is 0 Å². The van der Waals surface area contributed by atoms with Crippen LogP contribution in [0.3, 0.4) is 0 Å². The van der Waals surface area contributed by atoms with Gasteiger partial charge in [0.05, 0.1) is 0 Å². The highest BCUT2D eigenvalue weighted by atomic mass is 35.5. The van der Waals surface area contributed by atoms with Crippen molar-refractivity contribution >= 4 is 12.4 Å². The summed E-state index contributed by atoms with van der Waals surface area (Å²) in [7, 11) is 0. The highest BCUT2D eigenvalue weighted by Gasteiger charge is 2.26. The van der Waals surface area contributed by atoms with E-state index in [0.29, 0.717) is 6.04 Å². The number of piperidine rings is 1. The first-order valence-electron chi connectivity index (χ1n) is 7.56. The second-order valence-corrected chi connectivity index (χ2v) is 6.83. The summed E-state index contributed by atoms with van der Waals surface area (Å²) in [5.41, 5.74) is 1.64. The van der Waals surface area contributed by atoms with Gasteiger partial charge in [-0.25, -0.2) is 0 Å². The summed E-state index contributed by atoms with van der Waals surface area (Å²) in [6.07, 6.45) is 2.67. The lowest BCUT2D eigenvalue weighted by Gasteiger charge is -2.34. The number of rotatable bonds is 4. The number of hydrogen-bond donors (Lipinski definition) is 2. The predicted octanol–water partition coefficient (Wildman–Crippen LogP) is 3.78. The van der Waals surface area contributed by atoms with E-state index in [0.717, 1.165) is 12.5 Å². The van der Waals surface area contributed by atoms with E-state index < -0.39 is 0 Å². The van der Waals surface area contributed by atoms with Crippen molar-refractivity contribution in [3.63, 3.8) is 0 Å². The summed E-state index contributed by atoms with van der Waals surface area (Å²) in [5.74, 6) is 0.780. The molecular formula is C17H29ClN2. The van der Waals surface area contributed by atoms with E-state index in [1.807, 2.05) is 0 Å². The molecule has 0 radical (unpaired) electrons. The molecular weight excluding hydrogens is 268 g/mol. The van der Waals surface area contributed by atoms with Crippen molar-refractivity contribution in [2.45, 2.75) is 39.7 Å². The Bertz CT molecular complexity index is 366. The van der Waals surface area contributed by atoms with Crippen molar-refractivity contribution < 1.29 is 0 Å². The lowest BCUT2D eigenvalue weighted by molar-refractivity contribution is 0.248. The van der Waals surface area contributed by atoms with E-state index in [4.69, 9.17) is 0 Å². The number of halogens is 1. The molecule has 2 N–H and O–H groups in total. The lowest BCUT2D eigenvalue weighted by Crippen LogP contribution is -2.40. The molecule has 1 fully saturated rings. The lowest BCUT2D eigenvalue weighted by atomic mass is 9.82. The highest BCUT2D eigenvalue weighted by molar-refractivity contribution is 5.85. The van der Waals surface area contributed by atoms with Gasteiger partial charge in [-0.05, 0) is 49.4 Å². The summed E-state index contributed by atoms with van der Waals surface area (Å²) in [4.78, 5) is 0. The maximum Gasteiger partial charge on any atom is 0.0369 e. The molecule has 3 heteroatoms. The Morgan fingerprint density at radius 1 is 1.25 bits per heavy atom. The third kappa shape index (κ3) is 5.08. The van der Waals surface area contributed by atoms with Crippen LogP contribution < -0.4 is 10.6 Å². The SMILES string of the molecule is CC(C)(C)C(NCC1CCCNC1)c1ccccc1.Cl. The number of nitrogens with one attached hydrogen (secondary N) is 2. The van der Waals surface area contributed by atoms with Crippen LogP contribution >= 0.6 is 12.4 Å². The van der Waals surface area contributed by atoms with Crippen LogP contribution in [0.4, 0.5) is 0 Å². The molecule has 2 unspecified atom stereocenters. The summed E-state index contributed by atoms with van der Waals surface area (Å²) < 4.78 is 0. The fraction of sp³-hybridized carbons (Fsp3) is 0.647. The second-order valence-electron chi connectivity index (χ2n) is 6.83. The van der Waals surface area contributed by atoms with Crippen molar-refractivity contribution in [3.8, 4) is 0 Å². The Balaban J connectivity index is 0.00000200. The van der Waals surface area contributed by atoms with E-state index in [1.165, 1.54) is 31.5 Å². The number of benzene rings is 1. The summed E-state index contributed by atoms with van der Waals surface area (Å²) in [6.45, 7) is 10.4. The van der Waals surface area contributed by atoms with Crippen molar-refractivity contribution in [3.05, 3.63) is 35.9 Å². The monoisotopic (exact) mass is 296 g/mol. The predicted molar refractivity (Wildman–Crippen MR) is 89.5 cm³/mol. The first-order chi connectivity index (χ1) is 9.07. The van der Waals surface area contributed by atoms with Gasteiger partial charge in [0.15, 0.2) is 0 Å². The van der Waals surface area contributed by atoms with Gasteiger partial charge >= 0.3 is 0 Å². The molecule has 0 aliphatic carbocycles. The third-order valence-electron chi connectivity index (χ3n) is 4.01. The normalized spacial score (nSPS) is 21.1. The maximum absolute atomic E-state index is 3.81. The first-order valence-corrected chi connectivity index (χ1v) is 7.56. The van der Waals surface area contributed by atoms with Gasteiger partial charge in [0, 0.05) is 6.04 Å². The topological polar surface area (TPSA) is 24.1 Å². The van der Waals surface area contributed by atoms with Gasteiger partial charge in [-0.1, -0.05) is 51.1 Å². The van der Waals surface area contributed by atoms with E-state index in [2.05, 4.69) is 61.7 Å². The molecule has 1 aliphatic rings. The van der Waals surface area contributed by atoms with Gasteiger partial charge in [0.2, 0.25) is 0 Å². The first kappa shape index (κ1) is 17.5. The van der Waals surface area contributed by atoms with Crippen molar-refractivity contribution in [2.24, 2.45) is 11.3 Å². The zero-order chi connectivity index (χ0) is 13.7. The standard InChI is InChI=1S/C17H28N2.ClH/c1-17(2,3)16(15-9-5-4-6-10-15)19-13-14-8-7-11-18-12-14;/h4-6,9-10,14,16,18-19H,7-8,11-13H2,1-3H3;1H. The molecule has 0 bridgehead atoms. The average molecular weight is 297 g/mol. The zero-order valence-electron chi connectivity index (χ0n) is 13.0. The number of hydrogen-bond acceptors (Lipinski definition) is 2. The van der Waals surface area contributed by atoms with Crippen LogP contribution in [0, 0.1) is 11.3 Å². The minimum atomic E-state index is 0. The average Bonchev–Trinajstić information content (AvgIpc) is 2.40. The molecule has 0 spiro atoms. The molecule has 20 heavy (non-hydrogen) atoms. The second kappa shape index (κ2) is 8.02. The largest absolute Gasteiger partial charge is 0.316 e. The molecule has 2 rings (SSSR count). The van der Waals surface area contributed by atoms with Crippen molar-refractivity contribution in [1.29, 1.82) is 0 Å². The Morgan fingerprint density at radius 2 is 1.95 bits per heavy atom. The van der Waals surface area contributed by atoms with Gasteiger partial charge in [-0.15, -0.1) is 12.4 Å². The molecule has 0 aromatic heterocycles. The molecule has 1 aromatic carbocycles. The van der Waals surface area contributed by atoms with E-state index in [-0.39, 0.29) is 17.8 Å². The van der Waals surface area contributed by atoms with Crippen LogP contribution in [0.15, 0.2) is 30.3 Å². The molecule has 1 aliphatic heterocycles. The maximum atomic E-state index is 3.81. The minimum absolute atomic E-state index is 0. The molecule has 0 saturated carbocycles. The van der Waals surface area contributed by atoms with Crippen molar-refractivity contribution in [1.82, 2.24) is 10.6 Å². The Labute approximate surface area is 130 Å². The Kier molecular flexibility index (Phi) is 7.01. The van der Waals surface area contributed by atoms with Crippen LogP contribution in [0.25, 0.3) is 0 Å². The van der Waals surface area contributed by atoms with Crippen LogP contribution in [-0.2, 0) is 0 Å². The molecule has 1 aromatic rings. The highest BCUT2D eigenvalue weighted by Crippen LogP contribution is 2.32. The minimum Gasteiger partial charge on any atom is -0.316 e. The van der Waals surface area contributed by atoms with Crippen molar-refractivity contribution in [2.75, 3.05) is 19.6 Å². The Morgan fingerprint density at radius 3 is 2.50 bits per heavy atom. The van der Waals surface area contributed by atoms with E-state index in [1.54, 1.807) is 0 Å². The zero-order valence-corrected chi connectivity index (χ0v) is 13.8. The molecule has 1 heterocycles.